The minimum absolute atomic E-state index is 0.410. The molecule has 124 valence electrons. The Balaban J connectivity index is 1.85. The number of hydrogen-bond donors (Lipinski definition) is 1. The van der Waals surface area contributed by atoms with Crippen LogP contribution >= 0.6 is 0 Å². The van der Waals surface area contributed by atoms with E-state index in [2.05, 4.69) is 4.74 Å². The van der Waals surface area contributed by atoms with Gasteiger partial charge in [-0.15, -0.1) is 0 Å². The average Bonchev–Trinajstić information content (AvgIpc) is 2.56. The number of benzene rings is 2. The lowest BCUT2D eigenvalue weighted by molar-refractivity contribution is -0.142. The van der Waals surface area contributed by atoms with Crippen molar-refractivity contribution in [3.05, 3.63) is 71.6 Å². The smallest absolute Gasteiger partial charge is 0.331 e. The third-order valence-electron chi connectivity index (χ3n) is 2.85. The van der Waals surface area contributed by atoms with Crippen LogP contribution in [0.15, 0.2) is 48.5 Å². The molecule has 2 aromatic carbocycles. The molecule has 4 nitrogen and oxygen atoms in total. The van der Waals surface area contributed by atoms with Crippen LogP contribution in [0.2, 0.25) is 0 Å². The van der Waals surface area contributed by atoms with Gasteiger partial charge in [-0.05, 0) is 35.9 Å². The Morgan fingerprint density at radius 2 is 1.62 bits per heavy atom. The van der Waals surface area contributed by atoms with Crippen LogP contribution < -0.4 is 5.32 Å². The van der Waals surface area contributed by atoms with E-state index in [-0.39, 0.29) is 0 Å². The number of anilines is 1. The molecule has 2 rings (SSSR count). The first-order valence-corrected chi connectivity index (χ1v) is 6.80. The topological polar surface area (TPSA) is 55.4 Å². The van der Waals surface area contributed by atoms with Crippen LogP contribution in [-0.4, -0.2) is 18.5 Å². The average molecular weight is 335 g/mol. The summed E-state index contributed by atoms with van der Waals surface area (Å²) in [5.41, 5.74) is -0.0494. The van der Waals surface area contributed by atoms with Crippen LogP contribution in [0.3, 0.4) is 0 Å². The Morgan fingerprint density at radius 1 is 1.00 bits per heavy atom. The van der Waals surface area contributed by atoms with E-state index < -0.39 is 41.6 Å². The second-order valence-corrected chi connectivity index (χ2v) is 4.64. The molecular weight excluding hydrogens is 323 g/mol. The summed E-state index contributed by atoms with van der Waals surface area (Å²) in [5.74, 6) is -4.01. The van der Waals surface area contributed by atoms with E-state index in [1.807, 2.05) is 5.32 Å². The maximum absolute atomic E-state index is 13.3. The second-order valence-electron chi connectivity index (χ2n) is 4.64. The lowest BCUT2D eigenvalue weighted by Crippen LogP contribution is -2.21. The summed E-state index contributed by atoms with van der Waals surface area (Å²) in [4.78, 5) is 23.0. The van der Waals surface area contributed by atoms with E-state index >= 15 is 0 Å². The van der Waals surface area contributed by atoms with Gasteiger partial charge in [0.15, 0.2) is 6.61 Å². The molecule has 24 heavy (non-hydrogen) atoms. The Kier molecular flexibility index (Phi) is 5.73. The largest absolute Gasteiger partial charge is 0.452 e. The molecule has 0 radical (unpaired) electrons. The van der Waals surface area contributed by atoms with Crippen molar-refractivity contribution in [3.63, 3.8) is 0 Å². The number of para-hydroxylation sites is 1. The lowest BCUT2D eigenvalue weighted by Gasteiger charge is -2.07. The Bertz CT molecular complexity index is 753. The molecule has 0 unspecified atom stereocenters. The van der Waals surface area contributed by atoms with Crippen LogP contribution in [-0.2, 0) is 14.3 Å². The number of ether oxygens (including phenoxy) is 1. The molecule has 0 aliphatic rings. The molecule has 0 fully saturated rings. The van der Waals surface area contributed by atoms with Crippen LogP contribution in [0.4, 0.5) is 18.9 Å². The Hall–Kier alpha value is -3.09. The van der Waals surface area contributed by atoms with Gasteiger partial charge in [0.1, 0.15) is 23.1 Å². The number of carbonyl (C=O) groups excluding carboxylic acids is 2. The highest BCUT2D eigenvalue weighted by molar-refractivity contribution is 5.94. The van der Waals surface area contributed by atoms with Crippen molar-refractivity contribution in [2.45, 2.75) is 0 Å². The third kappa shape index (κ3) is 4.98. The first-order chi connectivity index (χ1) is 11.5. The van der Waals surface area contributed by atoms with Gasteiger partial charge in [0.05, 0.1) is 0 Å². The molecule has 1 N–H and O–H groups in total. The molecule has 1 amide bonds. The number of hydrogen-bond acceptors (Lipinski definition) is 3. The van der Waals surface area contributed by atoms with E-state index in [9.17, 15) is 22.8 Å². The highest BCUT2D eigenvalue weighted by Gasteiger charge is 2.12. The quantitative estimate of drug-likeness (QED) is 0.674. The molecule has 0 aliphatic carbocycles. The van der Waals surface area contributed by atoms with Crippen LogP contribution in [0, 0.1) is 17.5 Å². The molecule has 0 aliphatic heterocycles. The van der Waals surface area contributed by atoms with E-state index in [0.717, 1.165) is 24.3 Å². The summed E-state index contributed by atoms with van der Waals surface area (Å²) in [5, 5.41) is 1.98. The van der Waals surface area contributed by atoms with Crippen LogP contribution in [0.5, 0.6) is 0 Å². The summed E-state index contributed by atoms with van der Waals surface area (Å²) >= 11 is 0. The lowest BCUT2D eigenvalue weighted by atomic mass is 10.2. The van der Waals surface area contributed by atoms with Crippen molar-refractivity contribution >= 4 is 23.6 Å². The minimum Gasteiger partial charge on any atom is -0.452 e. The highest BCUT2D eigenvalue weighted by atomic mass is 19.1. The summed E-state index contributed by atoms with van der Waals surface area (Å²) < 4.78 is 44.1. The number of carbonyl (C=O) groups is 2. The van der Waals surface area contributed by atoms with Crippen LogP contribution in [0.1, 0.15) is 5.56 Å². The summed E-state index contributed by atoms with van der Waals surface area (Å²) in [6, 6.07) is 8.47. The molecular formula is C17H12F3NO3. The van der Waals surface area contributed by atoms with Crippen molar-refractivity contribution in [2.24, 2.45) is 0 Å². The van der Waals surface area contributed by atoms with Crippen LogP contribution in [0.25, 0.3) is 6.08 Å². The zero-order chi connectivity index (χ0) is 17.5. The van der Waals surface area contributed by atoms with Crippen molar-refractivity contribution in [1.29, 1.82) is 0 Å². The number of esters is 1. The first kappa shape index (κ1) is 17.3. The fourth-order valence-corrected chi connectivity index (χ4v) is 1.72. The number of amides is 1. The zero-order valence-electron chi connectivity index (χ0n) is 12.3. The van der Waals surface area contributed by atoms with Gasteiger partial charge in [-0.2, -0.15) is 0 Å². The van der Waals surface area contributed by atoms with Crippen molar-refractivity contribution < 1.29 is 27.5 Å². The van der Waals surface area contributed by atoms with Gasteiger partial charge in [0.2, 0.25) is 0 Å². The molecule has 7 heteroatoms. The monoisotopic (exact) mass is 335 g/mol. The molecule has 0 aromatic heterocycles. The van der Waals surface area contributed by atoms with Crippen molar-refractivity contribution in [3.8, 4) is 0 Å². The fraction of sp³-hybridized carbons (Fsp3) is 0.0588. The van der Waals surface area contributed by atoms with Gasteiger partial charge in [-0.1, -0.05) is 18.2 Å². The highest BCUT2D eigenvalue weighted by Crippen LogP contribution is 2.17. The predicted octanol–water partition coefficient (Wildman–Crippen LogP) is 3.30. The Morgan fingerprint density at radius 3 is 2.25 bits per heavy atom. The van der Waals surface area contributed by atoms with Gasteiger partial charge in [-0.25, -0.2) is 18.0 Å². The number of halogens is 3. The SMILES string of the molecule is O=C(COC(=O)/C=C/c1ccc(F)cc1)Nc1c(F)cccc1F. The first-order valence-electron chi connectivity index (χ1n) is 6.80. The van der Waals surface area contributed by atoms with E-state index in [0.29, 0.717) is 5.56 Å². The Labute approximate surface area is 135 Å². The van der Waals surface area contributed by atoms with Gasteiger partial charge in [0.25, 0.3) is 5.91 Å². The minimum atomic E-state index is -0.939. The summed E-state index contributed by atoms with van der Waals surface area (Å²) in [6.07, 6.45) is 2.42. The van der Waals surface area contributed by atoms with Gasteiger partial charge < -0.3 is 10.1 Å². The van der Waals surface area contributed by atoms with Gasteiger partial charge >= 0.3 is 5.97 Å². The van der Waals surface area contributed by atoms with E-state index in [1.165, 1.54) is 30.3 Å². The third-order valence-corrected chi connectivity index (χ3v) is 2.85. The van der Waals surface area contributed by atoms with Crippen molar-refractivity contribution in [2.75, 3.05) is 11.9 Å². The maximum atomic E-state index is 13.3. The fourth-order valence-electron chi connectivity index (χ4n) is 1.72. The van der Waals surface area contributed by atoms with E-state index in [4.69, 9.17) is 0 Å². The molecule has 2 aromatic rings. The summed E-state index contributed by atoms with van der Waals surface area (Å²) in [6.45, 7) is -0.708. The van der Waals surface area contributed by atoms with Crippen molar-refractivity contribution in [1.82, 2.24) is 0 Å². The van der Waals surface area contributed by atoms with Gasteiger partial charge in [0, 0.05) is 6.08 Å². The van der Waals surface area contributed by atoms with E-state index in [1.54, 1.807) is 0 Å². The molecule has 0 saturated carbocycles. The molecule has 0 spiro atoms. The molecule has 0 atom stereocenters. The predicted molar refractivity (Wildman–Crippen MR) is 81.4 cm³/mol. The maximum Gasteiger partial charge on any atom is 0.331 e. The normalized spacial score (nSPS) is 10.6. The number of rotatable bonds is 5. The summed E-state index contributed by atoms with van der Waals surface area (Å²) in [7, 11) is 0. The van der Waals surface area contributed by atoms with Gasteiger partial charge in [-0.3, -0.25) is 4.79 Å². The second kappa shape index (κ2) is 7.96. The zero-order valence-corrected chi connectivity index (χ0v) is 12.3. The number of nitrogens with one attached hydrogen (secondary N) is 1. The standard InChI is InChI=1S/C17H12F3NO3/c18-12-7-4-11(5-8-12)6-9-16(23)24-10-15(22)21-17-13(19)2-1-3-14(17)20/h1-9H,10H2,(H,21,22)/b9-6+. The molecule has 0 saturated heterocycles. The molecule has 0 heterocycles. The molecule has 0 bridgehead atoms.